The molecule has 0 aliphatic carbocycles. The van der Waals surface area contributed by atoms with Crippen molar-refractivity contribution in [3.8, 4) is 0 Å². The highest BCUT2D eigenvalue weighted by Gasteiger charge is 2.21. The van der Waals surface area contributed by atoms with Crippen molar-refractivity contribution in [2.75, 3.05) is 36.4 Å². The number of carbonyl (C=O) groups is 2. The Labute approximate surface area is 174 Å². The summed E-state index contributed by atoms with van der Waals surface area (Å²) < 4.78 is 0. The average molecular weight is 402 g/mol. The lowest BCUT2D eigenvalue weighted by atomic mass is 10.1. The van der Waals surface area contributed by atoms with Crippen molar-refractivity contribution < 1.29 is 9.59 Å². The van der Waals surface area contributed by atoms with E-state index in [9.17, 15) is 9.59 Å². The molecule has 1 aromatic carbocycles. The minimum absolute atomic E-state index is 0.0506. The number of piperazine rings is 1. The van der Waals surface area contributed by atoms with E-state index in [0.29, 0.717) is 37.4 Å². The van der Waals surface area contributed by atoms with Gasteiger partial charge in [-0.05, 0) is 31.2 Å². The van der Waals surface area contributed by atoms with Gasteiger partial charge in [0.05, 0.1) is 23.1 Å². The summed E-state index contributed by atoms with van der Waals surface area (Å²) in [4.78, 5) is 41.3. The summed E-state index contributed by atoms with van der Waals surface area (Å²) in [5.74, 6) is 0.425. The summed E-state index contributed by atoms with van der Waals surface area (Å²) in [6, 6.07) is 9.60. The van der Waals surface area contributed by atoms with Crippen LogP contribution in [-0.2, 0) is 4.79 Å². The van der Waals surface area contributed by atoms with E-state index in [2.05, 4.69) is 26.8 Å². The van der Waals surface area contributed by atoms with E-state index in [1.807, 2.05) is 37.3 Å². The number of amides is 2. The second-order valence-electron chi connectivity index (χ2n) is 7.06. The van der Waals surface area contributed by atoms with E-state index < -0.39 is 0 Å². The number of carbonyl (C=O) groups excluding carboxylic acids is 2. The molecule has 0 saturated carbocycles. The van der Waals surface area contributed by atoms with Crippen LogP contribution in [0.15, 0.2) is 55.4 Å². The van der Waals surface area contributed by atoms with Crippen LogP contribution >= 0.6 is 0 Å². The number of hydrogen-bond acceptors (Lipinski definition) is 6. The summed E-state index contributed by atoms with van der Waals surface area (Å²) in [6.07, 6.45) is 4.36. The van der Waals surface area contributed by atoms with Gasteiger partial charge in [0, 0.05) is 37.8 Å². The lowest BCUT2D eigenvalue weighted by Crippen LogP contribution is -2.48. The van der Waals surface area contributed by atoms with Crippen molar-refractivity contribution in [3.05, 3.63) is 66.8 Å². The SMILES string of the molecule is C=CC(=O)N1CCN(c2ccc3cccc(NC(=O)c4cnc(C)cn4)c3n2)CC1. The summed E-state index contributed by atoms with van der Waals surface area (Å²) in [7, 11) is 0. The molecule has 0 radical (unpaired) electrons. The van der Waals surface area contributed by atoms with E-state index in [4.69, 9.17) is 4.98 Å². The third-order valence-electron chi connectivity index (χ3n) is 5.06. The Kier molecular flexibility index (Phi) is 5.38. The number of pyridine rings is 1. The first-order chi connectivity index (χ1) is 14.5. The number of aryl methyl sites for hydroxylation is 1. The maximum atomic E-state index is 12.6. The van der Waals surface area contributed by atoms with Crippen molar-refractivity contribution in [1.29, 1.82) is 0 Å². The first kappa shape index (κ1) is 19.5. The van der Waals surface area contributed by atoms with Crippen molar-refractivity contribution in [2.45, 2.75) is 6.92 Å². The molecule has 0 atom stereocenters. The summed E-state index contributed by atoms with van der Waals surface area (Å²) in [5.41, 5.74) is 2.31. The molecule has 4 rings (SSSR count). The van der Waals surface area contributed by atoms with Crippen molar-refractivity contribution >= 4 is 34.2 Å². The summed E-state index contributed by atoms with van der Waals surface area (Å²) in [5, 5.41) is 3.82. The Bertz CT molecular complexity index is 1100. The molecule has 2 amide bonds. The van der Waals surface area contributed by atoms with Crippen LogP contribution in [0.2, 0.25) is 0 Å². The van der Waals surface area contributed by atoms with Gasteiger partial charge in [-0.25, -0.2) is 9.97 Å². The number of aromatic nitrogens is 3. The molecule has 3 heterocycles. The number of hydrogen-bond donors (Lipinski definition) is 1. The zero-order chi connectivity index (χ0) is 21.1. The number of nitrogens with one attached hydrogen (secondary N) is 1. The fourth-order valence-corrected chi connectivity index (χ4v) is 3.39. The number of anilines is 2. The fraction of sp³-hybridized carbons (Fsp3) is 0.227. The maximum Gasteiger partial charge on any atom is 0.275 e. The lowest BCUT2D eigenvalue weighted by molar-refractivity contribution is -0.126. The van der Waals surface area contributed by atoms with Gasteiger partial charge in [0.25, 0.3) is 5.91 Å². The molecule has 0 spiro atoms. The molecular formula is C22H22N6O2. The van der Waals surface area contributed by atoms with E-state index in [1.54, 1.807) is 11.1 Å². The molecular weight excluding hydrogens is 380 g/mol. The fourth-order valence-electron chi connectivity index (χ4n) is 3.39. The zero-order valence-corrected chi connectivity index (χ0v) is 16.7. The van der Waals surface area contributed by atoms with E-state index in [-0.39, 0.29) is 17.5 Å². The molecule has 0 unspecified atom stereocenters. The molecule has 0 bridgehead atoms. The van der Waals surface area contributed by atoms with Gasteiger partial charge < -0.3 is 15.1 Å². The molecule has 2 aromatic heterocycles. The highest BCUT2D eigenvalue weighted by molar-refractivity contribution is 6.07. The Balaban J connectivity index is 1.57. The number of fused-ring (bicyclic) bond motifs is 1. The lowest BCUT2D eigenvalue weighted by Gasteiger charge is -2.35. The number of benzene rings is 1. The van der Waals surface area contributed by atoms with Crippen LogP contribution in [0.1, 0.15) is 16.2 Å². The Morgan fingerprint density at radius 3 is 2.57 bits per heavy atom. The smallest absolute Gasteiger partial charge is 0.275 e. The third kappa shape index (κ3) is 3.98. The normalized spacial score (nSPS) is 13.9. The van der Waals surface area contributed by atoms with Gasteiger partial charge in [0.15, 0.2) is 0 Å². The third-order valence-corrected chi connectivity index (χ3v) is 5.06. The van der Waals surface area contributed by atoms with Gasteiger partial charge in [-0.1, -0.05) is 18.7 Å². The topological polar surface area (TPSA) is 91.3 Å². The molecule has 1 aliphatic heterocycles. The van der Waals surface area contributed by atoms with Crippen LogP contribution in [0.5, 0.6) is 0 Å². The second kappa shape index (κ2) is 8.28. The van der Waals surface area contributed by atoms with Gasteiger partial charge in [-0.3, -0.25) is 14.6 Å². The van der Waals surface area contributed by atoms with E-state index in [0.717, 1.165) is 16.9 Å². The van der Waals surface area contributed by atoms with Crippen LogP contribution in [0, 0.1) is 6.92 Å². The molecule has 1 N–H and O–H groups in total. The molecule has 8 nitrogen and oxygen atoms in total. The number of rotatable bonds is 4. The van der Waals surface area contributed by atoms with Crippen molar-refractivity contribution in [3.63, 3.8) is 0 Å². The van der Waals surface area contributed by atoms with Crippen molar-refractivity contribution in [2.24, 2.45) is 0 Å². The maximum absolute atomic E-state index is 12.6. The van der Waals surface area contributed by atoms with Crippen LogP contribution in [0.25, 0.3) is 10.9 Å². The molecule has 1 aliphatic rings. The minimum Gasteiger partial charge on any atom is -0.353 e. The molecule has 30 heavy (non-hydrogen) atoms. The van der Waals surface area contributed by atoms with E-state index >= 15 is 0 Å². The van der Waals surface area contributed by atoms with Crippen LogP contribution in [-0.4, -0.2) is 57.8 Å². The Morgan fingerprint density at radius 1 is 1.07 bits per heavy atom. The minimum atomic E-state index is -0.334. The van der Waals surface area contributed by atoms with Gasteiger partial charge in [-0.15, -0.1) is 0 Å². The highest BCUT2D eigenvalue weighted by atomic mass is 16.2. The van der Waals surface area contributed by atoms with Crippen LogP contribution in [0.3, 0.4) is 0 Å². The highest BCUT2D eigenvalue weighted by Crippen LogP contribution is 2.25. The first-order valence-electron chi connectivity index (χ1n) is 9.71. The van der Waals surface area contributed by atoms with Gasteiger partial charge >= 0.3 is 0 Å². The molecule has 152 valence electrons. The van der Waals surface area contributed by atoms with Gasteiger partial charge in [-0.2, -0.15) is 0 Å². The standard InChI is InChI=1S/C22H22N6O2/c1-3-20(29)28-11-9-27(10-12-28)19-8-7-16-5-4-6-17(21(16)26-19)25-22(30)18-14-23-15(2)13-24-18/h3-8,13-14H,1,9-12H2,2H3,(H,25,30). The Hall–Kier alpha value is -3.81. The van der Waals surface area contributed by atoms with Gasteiger partial charge in [0.1, 0.15) is 11.5 Å². The molecule has 1 saturated heterocycles. The first-order valence-corrected chi connectivity index (χ1v) is 9.71. The average Bonchev–Trinajstić information content (AvgIpc) is 2.79. The quantitative estimate of drug-likeness (QED) is 0.674. The molecule has 8 heteroatoms. The summed E-state index contributed by atoms with van der Waals surface area (Å²) >= 11 is 0. The predicted molar refractivity (Wildman–Crippen MR) is 115 cm³/mol. The Morgan fingerprint density at radius 2 is 1.87 bits per heavy atom. The molecule has 1 fully saturated rings. The molecule has 3 aromatic rings. The van der Waals surface area contributed by atoms with Gasteiger partial charge in [0.2, 0.25) is 5.91 Å². The van der Waals surface area contributed by atoms with Crippen molar-refractivity contribution in [1.82, 2.24) is 19.9 Å². The second-order valence-corrected chi connectivity index (χ2v) is 7.06. The largest absolute Gasteiger partial charge is 0.353 e. The van der Waals surface area contributed by atoms with Crippen LogP contribution < -0.4 is 10.2 Å². The van der Waals surface area contributed by atoms with E-state index in [1.165, 1.54) is 12.3 Å². The predicted octanol–water partition coefficient (Wildman–Crippen LogP) is 2.42. The number of para-hydroxylation sites is 1. The monoisotopic (exact) mass is 402 g/mol. The zero-order valence-electron chi connectivity index (χ0n) is 16.7. The number of nitrogens with zero attached hydrogens (tertiary/aromatic N) is 5. The van der Waals surface area contributed by atoms with Crippen LogP contribution in [0.4, 0.5) is 11.5 Å². The summed E-state index contributed by atoms with van der Waals surface area (Å²) in [6.45, 7) is 7.98.